The Morgan fingerprint density at radius 1 is 1.00 bits per heavy atom. The smallest absolute Gasteiger partial charge is 0.289 e. The van der Waals surface area contributed by atoms with E-state index in [0.29, 0.717) is 6.42 Å². The van der Waals surface area contributed by atoms with E-state index < -0.39 is 41.8 Å². The van der Waals surface area contributed by atoms with Crippen LogP contribution in [0.25, 0.3) is 0 Å². The average molecular weight is 499 g/mol. The van der Waals surface area contributed by atoms with Crippen LogP contribution in [0.2, 0.25) is 0 Å². The van der Waals surface area contributed by atoms with Crippen molar-refractivity contribution in [2.75, 3.05) is 5.73 Å². The summed E-state index contributed by atoms with van der Waals surface area (Å²) in [5, 5.41) is 14.0. The van der Waals surface area contributed by atoms with E-state index in [1.807, 2.05) is 30.3 Å². The van der Waals surface area contributed by atoms with Crippen molar-refractivity contribution in [1.29, 1.82) is 0 Å². The van der Waals surface area contributed by atoms with Gasteiger partial charge in [-0.3, -0.25) is 24.3 Å². The van der Waals surface area contributed by atoms with E-state index >= 15 is 0 Å². The summed E-state index contributed by atoms with van der Waals surface area (Å²) < 4.78 is 0. The van der Waals surface area contributed by atoms with E-state index in [0.717, 1.165) is 37.7 Å². The first-order valence-electron chi connectivity index (χ1n) is 12.2. The van der Waals surface area contributed by atoms with Gasteiger partial charge in [-0.2, -0.15) is 4.98 Å². The maximum absolute atomic E-state index is 13.1. The number of H-pyrrole nitrogens is 1. The predicted octanol–water partition coefficient (Wildman–Crippen LogP) is 0.173. The second-order valence-corrected chi connectivity index (χ2v) is 9.19. The Morgan fingerprint density at radius 3 is 2.31 bits per heavy atom. The second-order valence-electron chi connectivity index (χ2n) is 9.19. The molecule has 1 aromatic heterocycles. The Balaban J connectivity index is 1.63. The summed E-state index contributed by atoms with van der Waals surface area (Å²) >= 11 is 0. The molecule has 3 rings (SSSR count). The van der Waals surface area contributed by atoms with Crippen molar-refractivity contribution >= 4 is 29.6 Å². The quantitative estimate of drug-likeness (QED) is 0.254. The number of carbonyl (C=O) groups is 4. The van der Waals surface area contributed by atoms with Gasteiger partial charge in [-0.15, -0.1) is 5.10 Å². The fraction of sp³-hybridized carbons (Fsp3) is 0.500. The van der Waals surface area contributed by atoms with Gasteiger partial charge in [0.2, 0.25) is 29.5 Å². The Hall–Kier alpha value is -3.96. The lowest BCUT2D eigenvalue weighted by Gasteiger charge is -2.27. The van der Waals surface area contributed by atoms with Gasteiger partial charge in [0, 0.05) is 6.42 Å². The van der Waals surface area contributed by atoms with Crippen LogP contribution in [0, 0.1) is 5.92 Å². The standard InChI is InChI=1S/C24H34N8O4/c1-14(21(34)28-17(19(25)33)12-15-8-4-2-5-9-15)27-22(35)18(13-16-10-6-3-7-11-16)29-23(36)20-30-24(26)32-31-20/h2,4-5,8-9,14,16-18H,3,6-7,10-13H2,1H3,(H2,25,33)(H,27,35)(H,28,34)(H,29,36)(H3,26,30,31,32)/t14-,17-,18-/m0/s1. The highest BCUT2D eigenvalue weighted by molar-refractivity contribution is 5.96. The molecular weight excluding hydrogens is 464 g/mol. The van der Waals surface area contributed by atoms with Crippen LogP contribution in [0.5, 0.6) is 0 Å². The topological polar surface area (TPSA) is 198 Å². The van der Waals surface area contributed by atoms with Crippen LogP contribution in [0.4, 0.5) is 5.95 Å². The Kier molecular flexibility index (Phi) is 9.37. The average Bonchev–Trinajstić information content (AvgIpc) is 3.30. The molecule has 1 aliphatic rings. The minimum atomic E-state index is -0.971. The van der Waals surface area contributed by atoms with E-state index in [9.17, 15) is 19.2 Å². The summed E-state index contributed by atoms with van der Waals surface area (Å²) in [6.45, 7) is 1.50. The normalized spacial score (nSPS) is 16.4. The molecule has 1 aromatic carbocycles. The zero-order chi connectivity index (χ0) is 26.1. The predicted molar refractivity (Wildman–Crippen MR) is 132 cm³/mol. The van der Waals surface area contributed by atoms with Crippen LogP contribution in [0.3, 0.4) is 0 Å². The van der Waals surface area contributed by atoms with Crippen molar-refractivity contribution < 1.29 is 19.2 Å². The summed E-state index contributed by atoms with van der Waals surface area (Å²) in [6.07, 6.45) is 5.87. The van der Waals surface area contributed by atoms with Gasteiger partial charge in [0.05, 0.1) is 0 Å². The Morgan fingerprint density at radius 2 is 1.69 bits per heavy atom. The zero-order valence-corrected chi connectivity index (χ0v) is 20.3. The number of amides is 4. The van der Waals surface area contributed by atoms with Crippen molar-refractivity contribution in [2.24, 2.45) is 11.7 Å². The lowest BCUT2D eigenvalue weighted by Crippen LogP contribution is -2.56. The summed E-state index contributed by atoms with van der Waals surface area (Å²) in [7, 11) is 0. The van der Waals surface area contributed by atoms with Crippen molar-refractivity contribution in [1.82, 2.24) is 31.1 Å². The van der Waals surface area contributed by atoms with Crippen molar-refractivity contribution in [3.8, 4) is 0 Å². The van der Waals surface area contributed by atoms with Gasteiger partial charge in [-0.1, -0.05) is 62.4 Å². The molecule has 0 unspecified atom stereocenters. The fourth-order valence-corrected chi connectivity index (χ4v) is 4.34. The molecule has 2 aromatic rings. The number of rotatable bonds is 11. The lowest BCUT2D eigenvalue weighted by atomic mass is 9.84. The van der Waals surface area contributed by atoms with Crippen molar-refractivity contribution in [2.45, 2.75) is 70.0 Å². The maximum Gasteiger partial charge on any atom is 0.289 e. The molecule has 1 saturated carbocycles. The highest BCUT2D eigenvalue weighted by Gasteiger charge is 2.30. The van der Waals surface area contributed by atoms with Crippen LogP contribution in [-0.2, 0) is 20.8 Å². The van der Waals surface area contributed by atoms with Crippen LogP contribution in [0.15, 0.2) is 30.3 Å². The number of carbonyl (C=O) groups excluding carboxylic acids is 4. The van der Waals surface area contributed by atoms with Crippen molar-refractivity contribution in [3.63, 3.8) is 0 Å². The number of nitrogens with one attached hydrogen (secondary N) is 4. The van der Waals surface area contributed by atoms with Crippen LogP contribution in [-0.4, -0.2) is 56.9 Å². The van der Waals surface area contributed by atoms with E-state index in [2.05, 4.69) is 31.1 Å². The molecule has 194 valence electrons. The number of nitrogens with zero attached hydrogens (tertiary/aromatic N) is 2. The fourth-order valence-electron chi connectivity index (χ4n) is 4.34. The summed E-state index contributed by atoms with van der Waals surface area (Å²) in [5.41, 5.74) is 11.8. The molecular formula is C24H34N8O4. The van der Waals surface area contributed by atoms with E-state index in [1.165, 1.54) is 6.92 Å². The van der Waals surface area contributed by atoms with Crippen LogP contribution < -0.4 is 27.4 Å². The van der Waals surface area contributed by atoms with Gasteiger partial charge in [0.1, 0.15) is 18.1 Å². The SMILES string of the molecule is C[C@H](NC(=O)[C@H](CC1CCCCC1)NC(=O)c1nc(N)n[nH]1)C(=O)N[C@@H](Cc1ccccc1)C(N)=O. The molecule has 4 amide bonds. The van der Waals surface area contributed by atoms with Gasteiger partial charge in [-0.25, -0.2) is 0 Å². The first-order chi connectivity index (χ1) is 17.2. The molecule has 0 spiro atoms. The van der Waals surface area contributed by atoms with Crippen molar-refractivity contribution in [3.05, 3.63) is 41.7 Å². The number of anilines is 1. The van der Waals surface area contributed by atoms with E-state index in [4.69, 9.17) is 11.5 Å². The first kappa shape index (κ1) is 26.6. The third-order valence-electron chi connectivity index (χ3n) is 6.33. The molecule has 0 aliphatic heterocycles. The molecule has 36 heavy (non-hydrogen) atoms. The van der Waals surface area contributed by atoms with E-state index in [1.54, 1.807) is 0 Å². The molecule has 1 heterocycles. The first-order valence-corrected chi connectivity index (χ1v) is 12.2. The van der Waals surface area contributed by atoms with E-state index in [-0.39, 0.29) is 24.1 Å². The number of benzene rings is 1. The number of aromatic amines is 1. The highest BCUT2D eigenvalue weighted by Crippen LogP contribution is 2.27. The molecule has 1 fully saturated rings. The van der Waals surface area contributed by atoms with Gasteiger partial charge in [0.15, 0.2) is 0 Å². The molecule has 8 N–H and O–H groups in total. The van der Waals surface area contributed by atoms with Crippen LogP contribution in [0.1, 0.15) is 61.6 Å². The number of nitrogens with two attached hydrogens (primary N) is 2. The molecule has 1 aliphatic carbocycles. The van der Waals surface area contributed by atoms with Crippen LogP contribution >= 0.6 is 0 Å². The largest absolute Gasteiger partial charge is 0.368 e. The number of primary amides is 1. The molecule has 12 nitrogen and oxygen atoms in total. The number of aromatic nitrogens is 3. The van der Waals surface area contributed by atoms with Gasteiger partial charge >= 0.3 is 0 Å². The molecule has 3 atom stereocenters. The molecule has 0 radical (unpaired) electrons. The maximum atomic E-state index is 13.1. The summed E-state index contributed by atoms with van der Waals surface area (Å²) in [4.78, 5) is 54.3. The Bertz CT molecular complexity index is 1050. The number of hydrogen-bond acceptors (Lipinski definition) is 7. The minimum Gasteiger partial charge on any atom is -0.368 e. The second kappa shape index (κ2) is 12.7. The molecule has 12 heteroatoms. The van der Waals surface area contributed by atoms with Gasteiger partial charge < -0.3 is 27.4 Å². The zero-order valence-electron chi connectivity index (χ0n) is 20.3. The third-order valence-corrected chi connectivity index (χ3v) is 6.33. The minimum absolute atomic E-state index is 0.0850. The molecule has 0 bridgehead atoms. The summed E-state index contributed by atoms with van der Waals surface area (Å²) in [5.74, 6) is -2.30. The number of hydrogen-bond donors (Lipinski definition) is 6. The van der Waals surface area contributed by atoms with Gasteiger partial charge in [0.25, 0.3) is 5.91 Å². The Labute approximate surface area is 209 Å². The number of nitrogen functional groups attached to an aromatic ring is 1. The monoisotopic (exact) mass is 498 g/mol. The third kappa shape index (κ3) is 7.79. The summed E-state index contributed by atoms with van der Waals surface area (Å²) in [6, 6.07) is 6.35. The molecule has 0 saturated heterocycles. The lowest BCUT2D eigenvalue weighted by molar-refractivity contribution is -0.131. The van der Waals surface area contributed by atoms with Gasteiger partial charge in [-0.05, 0) is 24.8 Å². The highest BCUT2D eigenvalue weighted by atomic mass is 16.2.